The van der Waals surface area contributed by atoms with Crippen molar-refractivity contribution in [2.75, 3.05) is 0 Å². The third-order valence-corrected chi connectivity index (χ3v) is 4.84. The Morgan fingerprint density at radius 3 is 2.62 bits per heavy atom. The maximum absolute atomic E-state index is 6.18. The molecule has 1 rings (SSSR count). The molecule has 1 saturated carbocycles. The van der Waals surface area contributed by atoms with Crippen molar-refractivity contribution in [2.24, 2.45) is 5.92 Å². The molecule has 0 aromatic heterocycles. The first-order valence-electron chi connectivity index (χ1n) is 5.68. The molecule has 0 aromatic carbocycles. The van der Waals surface area contributed by atoms with E-state index in [0.29, 0.717) is 0 Å². The average Bonchev–Trinajstić information content (AvgIpc) is 2.07. The molecular formula is C11H24OSi. The van der Waals surface area contributed by atoms with Gasteiger partial charge in [0.05, 0.1) is 5.60 Å². The predicted molar refractivity (Wildman–Crippen MR) is 60.8 cm³/mol. The molecule has 0 spiro atoms. The molecule has 1 aliphatic carbocycles. The second-order valence-corrected chi connectivity index (χ2v) is 7.42. The molecule has 1 aliphatic rings. The highest BCUT2D eigenvalue weighted by Crippen LogP contribution is 2.36. The fourth-order valence-electron chi connectivity index (χ4n) is 2.05. The molecule has 1 nitrogen and oxygen atoms in total. The number of rotatable bonds is 3. The first-order chi connectivity index (χ1) is 6.04. The van der Waals surface area contributed by atoms with Crippen LogP contribution in [-0.2, 0) is 4.43 Å². The molecular weight excluding hydrogens is 176 g/mol. The van der Waals surface area contributed by atoms with Crippen LogP contribution in [0.1, 0.15) is 53.4 Å². The van der Waals surface area contributed by atoms with E-state index < -0.39 is 0 Å². The Morgan fingerprint density at radius 1 is 1.38 bits per heavy atom. The van der Waals surface area contributed by atoms with Crippen LogP contribution in [0.4, 0.5) is 0 Å². The second-order valence-electron chi connectivity index (χ2n) is 5.16. The fraction of sp³-hybridized carbons (Fsp3) is 1.00. The summed E-state index contributed by atoms with van der Waals surface area (Å²) >= 11 is 0. The minimum atomic E-state index is -0.287. The molecule has 0 N–H and O–H groups in total. The van der Waals surface area contributed by atoms with Gasteiger partial charge >= 0.3 is 0 Å². The Balaban J connectivity index is 2.42. The predicted octanol–water partition coefficient (Wildman–Crippen LogP) is 2.88. The Morgan fingerprint density at radius 2 is 2.08 bits per heavy atom. The van der Waals surface area contributed by atoms with Crippen molar-refractivity contribution < 1.29 is 4.43 Å². The fourth-order valence-corrected chi connectivity index (χ4v) is 3.19. The molecule has 0 saturated heterocycles. The molecule has 1 fully saturated rings. The largest absolute Gasteiger partial charge is 0.418 e. The molecule has 78 valence electrons. The molecule has 0 radical (unpaired) electrons. The van der Waals surface area contributed by atoms with Gasteiger partial charge in [-0.2, -0.15) is 0 Å². The van der Waals surface area contributed by atoms with E-state index in [9.17, 15) is 0 Å². The quantitative estimate of drug-likeness (QED) is 0.637. The van der Waals surface area contributed by atoms with Gasteiger partial charge in [0.2, 0.25) is 0 Å². The third-order valence-electron chi connectivity index (χ3n) is 3.35. The summed E-state index contributed by atoms with van der Waals surface area (Å²) in [6, 6.07) is 0. The normalized spacial score (nSPS) is 36.2. The van der Waals surface area contributed by atoms with Crippen LogP contribution < -0.4 is 0 Å². The van der Waals surface area contributed by atoms with Gasteiger partial charge in [-0.3, -0.25) is 0 Å². The standard InChI is InChI=1S/C11H24OSi/c1-9(2)13-12-11(4)8-6-5-7-10(11)3/h9-10H,5-8,13H2,1-4H3. The Labute approximate surface area is 85.2 Å². The van der Waals surface area contributed by atoms with E-state index in [1.54, 1.807) is 0 Å². The molecule has 0 aromatic rings. The number of hydrogen-bond donors (Lipinski definition) is 0. The molecule has 2 unspecified atom stereocenters. The van der Waals surface area contributed by atoms with Gasteiger partial charge in [0.25, 0.3) is 0 Å². The van der Waals surface area contributed by atoms with Crippen LogP contribution in [0, 0.1) is 5.92 Å². The second kappa shape index (κ2) is 4.60. The molecule has 13 heavy (non-hydrogen) atoms. The zero-order chi connectivity index (χ0) is 9.90. The lowest BCUT2D eigenvalue weighted by Gasteiger charge is -2.40. The summed E-state index contributed by atoms with van der Waals surface area (Å²) < 4.78 is 6.18. The minimum absolute atomic E-state index is 0.231. The van der Waals surface area contributed by atoms with Crippen LogP contribution in [0.15, 0.2) is 0 Å². The molecule has 0 aliphatic heterocycles. The van der Waals surface area contributed by atoms with Crippen molar-refractivity contribution in [3.63, 3.8) is 0 Å². The average molecular weight is 200 g/mol. The molecule has 0 amide bonds. The van der Waals surface area contributed by atoms with Crippen molar-refractivity contribution in [1.82, 2.24) is 0 Å². The molecule has 0 bridgehead atoms. The van der Waals surface area contributed by atoms with Crippen molar-refractivity contribution >= 4 is 9.76 Å². The zero-order valence-corrected chi connectivity index (χ0v) is 11.0. The maximum Gasteiger partial charge on any atom is 0.164 e. The highest BCUT2D eigenvalue weighted by Gasteiger charge is 2.33. The molecule has 0 heterocycles. The van der Waals surface area contributed by atoms with Crippen molar-refractivity contribution in [2.45, 2.75) is 64.5 Å². The maximum atomic E-state index is 6.18. The van der Waals surface area contributed by atoms with E-state index >= 15 is 0 Å². The summed E-state index contributed by atoms with van der Waals surface area (Å²) in [6.45, 7) is 9.24. The van der Waals surface area contributed by atoms with Gasteiger partial charge < -0.3 is 4.43 Å². The van der Waals surface area contributed by atoms with E-state index in [1.165, 1.54) is 25.7 Å². The van der Waals surface area contributed by atoms with Gasteiger partial charge in [0.15, 0.2) is 9.76 Å². The third kappa shape index (κ3) is 3.10. The van der Waals surface area contributed by atoms with Gasteiger partial charge in [0, 0.05) is 0 Å². The van der Waals surface area contributed by atoms with E-state index in [4.69, 9.17) is 4.43 Å². The van der Waals surface area contributed by atoms with Crippen LogP contribution >= 0.6 is 0 Å². The van der Waals surface area contributed by atoms with E-state index in [-0.39, 0.29) is 15.4 Å². The van der Waals surface area contributed by atoms with Crippen LogP contribution in [0.3, 0.4) is 0 Å². The van der Waals surface area contributed by atoms with Gasteiger partial charge in [-0.1, -0.05) is 33.6 Å². The van der Waals surface area contributed by atoms with Gasteiger partial charge in [-0.15, -0.1) is 0 Å². The van der Waals surface area contributed by atoms with Crippen LogP contribution in [0.25, 0.3) is 0 Å². The lowest BCUT2D eigenvalue weighted by molar-refractivity contribution is 0.00178. The SMILES string of the molecule is CC(C)[SiH2]OC1(C)CCCCC1C. The van der Waals surface area contributed by atoms with Crippen molar-refractivity contribution in [1.29, 1.82) is 0 Å². The lowest BCUT2D eigenvalue weighted by Crippen LogP contribution is -2.40. The highest BCUT2D eigenvalue weighted by atomic mass is 28.2. The van der Waals surface area contributed by atoms with E-state index in [2.05, 4.69) is 27.7 Å². The monoisotopic (exact) mass is 200 g/mol. The summed E-state index contributed by atoms with van der Waals surface area (Å²) in [5.74, 6) is 0.771. The minimum Gasteiger partial charge on any atom is -0.418 e. The Kier molecular flexibility index (Phi) is 3.99. The van der Waals surface area contributed by atoms with Crippen LogP contribution in [-0.4, -0.2) is 15.4 Å². The summed E-state index contributed by atoms with van der Waals surface area (Å²) in [7, 11) is -0.287. The van der Waals surface area contributed by atoms with Gasteiger partial charge in [0.1, 0.15) is 0 Å². The van der Waals surface area contributed by atoms with Crippen LogP contribution in [0.2, 0.25) is 5.54 Å². The van der Waals surface area contributed by atoms with Gasteiger partial charge in [-0.05, 0) is 31.2 Å². The lowest BCUT2D eigenvalue weighted by atomic mass is 9.78. The highest BCUT2D eigenvalue weighted by molar-refractivity contribution is 6.29. The molecule has 2 heteroatoms. The van der Waals surface area contributed by atoms with Gasteiger partial charge in [-0.25, -0.2) is 0 Å². The first-order valence-corrected chi connectivity index (χ1v) is 7.08. The summed E-state index contributed by atoms with van der Waals surface area (Å²) in [5, 5.41) is 0. The first kappa shape index (κ1) is 11.3. The van der Waals surface area contributed by atoms with Crippen molar-refractivity contribution in [3.05, 3.63) is 0 Å². The zero-order valence-electron chi connectivity index (χ0n) is 9.60. The smallest absolute Gasteiger partial charge is 0.164 e. The van der Waals surface area contributed by atoms with Crippen molar-refractivity contribution in [3.8, 4) is 0 Å². The Bertz CT molecular complexity index is 158. The summed E-state index contributed by atoms with van der Waals surface area (Å²) in [4.78, 5) is 0. The molecule has 2 atom stereocenters. The topological polar surface area (TPSA) is 9.23 Å². The summed E-state index contributed by atoms with van der Waals surface area (Å²) in [6.07, 6.45) is 5.42. The van der Waals surface area contributed by atoms with Crippen LogP contribution in [0.5, 0.6) is 0 Å². The van der Waals surface area contributed by atoms with E-state index in [0.717, 1.165) is 11.5 Å². The Hall–Kier alpha value is 0.177. The number of hydrogen-bond acceptors (Lipinski definition) is 1. The van der Waals surface area contributed by atoms with E-state index in [1.807, 2.05) is 0 Å². The summed E-state index contributed by atoms with van der Waals surface area (Å²) in [5.41, 5.74) is 1.03.